The van der Waals surface area contributed by atoms with Crippen LogP contribution in [0.2, 0.25) is 0 Å². The molecule has 0 heterocycles. The molecule has 0 bridgehead atoms. The van der Waals surface area contributed by atoms with Gasteiger partial charge in [-0.3, -0.25) is 9.59 Å². The molecule has 4 aliphatic rings. The number of fused-ring (bicyclic) bond motifs is 5. The lowest BCUT2D eigenvalue weighted by atomic mass is 9.45. The summed E-state index contributed by atoms with van der Waals surface area (Å²) >= 11 is 0. The third-order valence-corrected chi connectivity index (χ3v) is 10.2. The molecule has 0 unspecified atom stereocenters. The average molecular weight is 530 g/mol. The Hall–Kier alpha value is -2.42. The van der Waals surface area contributed by atoms with E-state index in [9.17, 15) is 25.0 Å². The van der Waals surface area contributed by atoms with Gasteiger partial charge in [-0.2, -0.15) is 5.06 Å². The van der Waals surface area contributed by atoms with Crippen LogP contribution in [0.5, 0.6) is 0 Å². The zero-order chi connectivity index (χ0) is 27.5. The van der Waals surface area contributed by atoms with Gasteiger partial charge in [0.2, 0.25) is 0 Å². The molecule has 0 spiro atoms. The number of hydrogen-bond donors (Lipinski definition) is 3. The number of aliphatic carboxylic acids is 1. The molecule has 8 heteroatoms. The number of benzene rings is 1. The third-order valence-electron chi connectivity index (χ3n) is 10.2. The second-order valence-corrected chi connectivity index (χ2v) is 12.3. The van der Waals surface area contributed by atoms with E-state index in [1.165, 1.54) is 19.1 Å². The Morgan fingerprint density at radius 3 is 2.55 bits per heavy atom. The first-order valence-corrected chi connectivity index (χ1v) is 13.6. The number of rotatable bonds is 7. The lowest BCUT2D eigenvalue weighted by Crippen LogP contribution is -2.68. The van der Waals surface area contributed by atoms with Gasteiger partial charge < -0.3 is 15.4 Å². The minimum absolute atomic E-state index is 0.0516. The van der Waals surface area contributed by atoms with Crippen molar-refractivity contribution in [3.63, 3.8) is 0 Å². The first kappa shape index (κ1) is 27.2. The maximum atomic E-state index is 17.3. The van der Waals surface area contributed by atoms with E-state index in [1.807, 2.05) is 30.3 Å². The van der Waals surface area contributed by atoms with Gasteiger partial charge in [-0.1, -0.05) is 43.3 Å². The van der Waals surface area contributed by atoms with Crippen LogP contribution in [0.1, 0.15) is 45.1 Å². The summed E-state index contributed by atoms with van der Waals surface area (Å²) in [5.74, 6) is -4.27. The van der Waals surface area contributed by atoms with Crippen LogP contribution in [0.4, 0.5) is 8.78 Å². The molecular weight excluding hydrogens is 492 g/mol. The first-order valence-electron chi connectivity index (χ1n) is 13.6. The summed E-state index contributed by atoms with van der Waals surface area (Å²) in [4.78, 5) is 24.6. The first-order chi connectivity index (χ1) is 17.9. The Morgan fingerprint density at radius 1 is 1.16 bits per heavy atom. The smallest absolute Gasteiger partial charge is 0.307 e. The quantitative estimate of drug-likeness (QED) is 0.448. The van der Waals surface area contributed by atoms with E-state index in [-0.39, 0.29) is 25.0 Å². The van der Waals surface area contributed by atoms with Crippen molar-refractivity contribution in [2.45, 2.75) is 63.9 Å². The van der Waals surface area contributed by atoms with Gasteiger partial charge >= 0.3 is 5.97 Å². The Labute approximate surface area is 222 Å². The summed E-state index contributed by atoms with van der Waals surface area (Å²) < 4.78 is 32.8. The molecular formula is C30H37F2NO5. The summed E-state index contributed by atoms with van der Waals surface area (Å²) in [6.07, 6.45) is 2.16. The number of carboxylic acids is 1. The van der Waals surface area contributed by atoms with E-state index >= 15 is 8.78 Å². The second-order valence-electron chi connectivity index (χ2n) is 12.3. The van der Waals surface area contributed by atoms with Crippen LogP contribution >= 0.6 is 0 Å². The SMILES string of the molecule is C[C@]12C[C@H](O)[C@@]3(F)[C@@H](C[C@H](F)C4=CC(=O)C=C[C@@]43C)[C@@H]1C[C@@H](CN(O)CCCc1ccccc1)[C@@H]2C(=O)O. The van der Waals surface area contributed by atoms with Crippen molar-refractivity contribution in [2.24, 2.45) is 34.5 Å². The van der Waals surface area contributed by atoms with Gasteiger partial charge in [-0.25, -0.2) is 8.78 Å². The maximum Gasteiger partial charge on any atom is 0.307 e. The summed E-state index contributed by atoms with van der Waals surface area (Å²) in [5.41, 5.74) is -3.51. The molecule has 1 aromatic carbocycles. The van der Waals surface area contributed by atoms with Crippen LogP contribution in [0.15, 0.2) is 54.1 Å². The predicted octanol–water partition coefficient (Wildman–Crippen LogP) is 4.56. The number of carboxylic acid groups (broad SMARTS) is 1. The standard InChI is InChI=1S/C30H37F2NO5/c1-28-16-25(35)30(32)22(15-24(31)23-14-20(34)10-11-29(23,30)2)21(28)13-19(26(28)27(36)37)17-33(38)12-6-9-18-7-4-3-5-8-18/h3-5,7-8,10-11,14,19,21-22,24-26,35,38H,6,9,12-13,15-17H2,1-2H3,(H,36,37)/t19-,21-,22-,24-,25-,26+,28-,29-,30-/m0/s1. The molecule has 0 amide bonds. The van der Waals surface area contributed by atoms with Crippen molar-refractivity contribution in [3.05, 3.63) is 59.7 Å². The average Bonchev–Trinajstić information content (AvgIpc) is 3.14. The van der Waals surface area contributed by atoms with Gasteiger partial charge in [0.05, 0.1) is 12.0 Å². The number of alkyl halides is 2. The van der Waals surface area contributed by atoms with E-state index in [2.05, 4.69) is 0 Å². The lowest BCUT2D eigenvalue weighted by molar-refractivity contribution is -0.204. The van der Waals surface area contributed by atoms with Crippen LogP contribution in [0.3, 0.4) is 0 Å². The Kier molecular flexibility index (Phi) is 6.89. The highest BCUT2D eigenvalue weighted by molar-refractivity contribution is 6.01. The Morgan fingerprint density at radius 2 is 1.87 bits per heavy atom. The summed E-state index contributed by atoms with van der Waals surface area (Å²) in [6.45, 7) is 3.78. The van der Waals surface area contributed by atoms with E-state index in [4.69, 9.17) is 0 Å². The molecule has 4 aliphatic carbocycles. The van der Waals surface area contributed by atoms with Crippen LogP contribution < -0.4 is 0 Å². The van der Waals surface area contributed by atoms with E-state index < -0.39 is 64.2 Å². The van der Waals surface area contributed by atoms with Crippen LogP contribution in [0.25, 0.3) is 0 Å². The number of hydrogen-bond acceptors (Lipinski definition) is 5. The number of aliphatic hydroxyl groups excluding tert-OH is 1. The minimum Gasteiger partial charge on any atom is -0.481 e. The lowest BCUT2D eigenvalue weighted by Gasteiger charge is -2.62. The molecule has 0 radical (unpaired) electrons. The maximum absolute atomic E-state index is 17.3. The van der Waals surface area contributed by atoms with Gasteiger partial charge in [-0.15, -0.1) is 0 Å². The molecule has 3 fully saturated rings. The van der Waals surface area contributed by atoms with Gasteiger partial charge in [0.15, 0.2) is 11.5 Å². The molecule has 3 N–H and O–H groups in total. The zero-order valence-corrected chi connectivity index (χ0v) is 21.9. The van der Waals surface area contributed by atoms with E-state index in [1.54, 1.807) is 6.92 Å². The van der Waals surface area contributed by atoms with Crippen molar-refractivity contribution in [3.8, 4) is 0 Å². The number of allylic oxidation sites excluding steroid dienone is 4. The minimum atomic E-state index is -2.24. The van der Waals surface area contributed by atoms with Crippen molar-refractivity contribution in [2.75, 3.05) is 13.1 Å². The molecule has 1 aromatic rings. The molecule has 6 nitrogen and oxygen atoms in total. The van der Waals surface area contributed by atoms with Crippen molar-refractivity contribution in [1.29, 1.82) is 0 Å². The predicted molar refractivity (Wildman–Crippen MR) is 137 cm³/mol. The number of carbonyl (C=O) groups excluding carboxylic acids is 1. The topological polar surface area (TPSA) is 98.1 Å². The number of nitrogens with zero attached hydrogens (tertiary/aromatic N) is 1. The highest BCUT2D eigenvalue weighted by atomic mass is 19.1. The molecule has 0 aromatic heterocycles. The van der Waals surface area contributed by atoms with Crippen molar-refractivity contribution >= 4 is 11.8 Å². The summed E-state index contributed by atoms with van der Waals surface area (Å²) in [6, 6.07) is 9.88. The van der Waals surface area contributed by atoms with Gasteiger partial charge in [-0.05, 0) is 79.6 Å². The highest BCUT2D eigenvalue weighted by Crippen LogP contribution is 2.70. The zero-order valence-electron chi connectivity index (χ0n) is 21.9. The number of hydroxylamine groups is 2. The van der Waals surface area contributed by atoms with E-state index in [0.717, 1.165) is 23.1 Å². The fraction of sp³-hybridized carbons (Fsp3) is 0.600. The fourth-order valence-corrected chi connectivity index (χ4v) is 8.52. The van der Waals surface area contributed by atoms with E-state index in [0.29, 0.717) is 19.4 Å². The molecule has 5 rings (SSSR count). The van der Waals surface area contributed by atoms with Gasteiger partial charge in [0.1, 0.15) is 6.17 Å². The number of carbonyl (C=O) groups is 2. The van der Waals surface area contributed by atoms with Gasteiger partial charge in [0, 0.05) is 24.4 Å². The largest absolute Gasteiger partial charge is 0.481 e. The molecule has 0 saturated heterocycles. The monoisotopic (exact) mass is 529 g/mol. The molecule has 9 atom stereocenters. The van der Waals surface area contributed by atoms with Crippen LogP contribution in [-0.2, 0) is 16.0 Å². The number of ketones is 1. The highest BCUT2D eigenvalue weighted by Gasteiger charge is 2.73. The number of halogens is 2. The number of aliphatic hydroxyl groups is 1. The normalized spacial score (nSPS) is 41.9. The summed E-state index contributed by atoms with van der Waals surface area (Å²) in [7, 11) is 0. The van der Waals surface area contributed by atoms with Crippen LogP contribution in [0, 0.1) is 34.5 Å². The fourth-order valence-electron chi connectivity index (χ4n) is 8.52. The molecule has 38 heavy (non-hydrogen) atoms. The molecule has 206 valence electrons. The molecule has 3 saturated carbocycles. The second kappa shape index (κ2) is 9.65. The van der Waals surface area contributed by atoms with Crippen LogP contribution in [-0.4, -0.2) is 63.3 Å². The summed E-state index contributed by atoms with van der Waals surface area (Å²) in [5, 5.41) is 33.5. The number of aryl methyl sites for hydroxylation is 1. The van der Waals surface area contributed by atoms with Crippen molar-refractivity contribution in [1.82, 2.24) is 5.06 Å². The Bertz CT molecular complexity index is 1160. The van der Waals surface area contributed by atoms with Crippen molar-refractivity contribution < 1.29 is 33.8 Å². The van der Waals surface area contributed by atoms with Gasteiger partial charge in [0.25, 0.3) is 0 Å². The Balaban J connectivity index is 1.39. The molecule has 0 aliphatic heterocycles. The third kappa shape index (κ3) is 4.07.